The highest BCUT2D eigenvalue weighted by molar-refractivity contribution is 7.98. The first-order chi connectivity index (χ1) is 8.29. The Kier molecular flexibility index (Phi) is 4.17. The number of rotatable bonds is 5. The fourth-order valence-electron chi connectivity index (χ4n) is 1.44. The molecule has 1 aromatic heterocycles. The molecule has 1 atom stereocenters. The van der Waals surface area contributed by atoms with Crippen LogP contribution in [0.1, 0.15) is 24.4 Å². The van der Waals surface area contributed by atoms with Crippen LogP contribution in [-0.2, 0) is 5.75 Å². The van der Waals surface area contributed by atoms with Crippen molar-refractivity contribution in [2.24, 2.45) is 0 Å². The molecule has 0 radical (unpaired) electrons. The van der Waals surface area contributed by atoms with Crippen LogP contribution in [0.15, 0.2) is 40.1 Å². The first-order valence-electron chi connectivity index (χ1n) is 5.45. The fraction of sp³-hybridized carbons (Fsp3) is 0.333. The van der Waals surface area contributed by atoms with E-state index in [-0.39, 0.29) is 0 Å². The van der Waals surface area contributed by atoms with E-state index in [0.717, 1.165) is 11.6 Å². The monoisotopic (exact) mass is 249 g/mol. The van der Waals surface area contributed by atoms with E-state index in [0.29, 0.717) is 6.04 Å². The Morgan fingerprint density at radius 3 is 3.06 bits per heavy atom. The predicted octanol–water partition coefficient (Wildman–Crippen LogP) is 2.64. The number of hydrogen-bond acceptors (Lipinski definition) is 5. The minimum Gasteiger partial charge on any atom is -0.343 e. The van der Waals surface area contributed by atoms with Gasteiger partial charge in [-0.05, 0) is 31.7 Å². The van der Waals surface area contributed by atoms with Gasteiger partial charge in [0.05, 0.1) is 5.75 Å². The van der Waals surface area contributed by atoms with Gasteiger partial charge < -0.3 is 9.84 Å². The molecule has 1 N–H and O–H groups in total. The van der Waals surface area contributed by atoms with Crippen LogP contribution in [0.25, 0.3) is 0 Å². The lowest BCUT2D eigenvalue weighted by atomic mass is 10.1. The van der Waals surface area contributed by atoms with Crippen LogP contribution in [0.3, 0.4) is 0 Å². The van der Waals surface area contributed by atoms with Gasteiger partial charge in [0.25, 0.3) is 0 Å². The lowest BCUT2D eigenvalue weighted by Crippen LogP contribution is -2.11. The van der Waals surface area contributed by atoms with Crippen LogP contribution in [0, 0.1) is 0 Å². The van der Waals surface area contributed by atoms with E-state index in [4.69, 9.17) is 4.52 Å². The second-order valence-electron chi connectivity index (χ2n) is 3.72. The summed E-state index contributed by atoms with van der Waals surface area (Å²) in [5.74, 6) is 1.45. The van der Waals surface area contributed by atoms with E-state index in [2.05, 4.69) is 46.6 Å². The number of hydrogen-bond donors (Lipinski definition) is 1. The topological polar surface area (TPSA) is 51.0 Å². The highest BCUT2D eigenvalue weighted by atomic mass is 32.2. The molecule has 2 rings (SSSR count). The molecule has 5 heteroatoms. The van der Waals surface area contributed by atoms with E-state index < -0.39 is 0 Å². The standard InChI is InChI=1S/C12H15N3OS/c1-9(13-2)10-4-3-5-11(6-10)17-7-12-14-8-16-15-12/h3-6,8-9,13H,7H2,1-2H3. The lowest BCUT2D eigenvalue weighted by molar-refractivity contribution is 0.412. The SMILES string of the molecule is CNC(C)c1cccc(SCc2ncon2)c1. The number of benzene rings is 1. The quantitative estimate of drug-likeness (QED) is 0.826. The Bertz CT molecular complexity index is 459. The number of nitrogens with one attached hydrogen (secondary N) is 1. The fourth-order valence-corrected chi connectivity index (χ4v) is 2.26. The van der Waals surface area contributed by atoms with Crippen molar-refractivity contribution in [1.29, 1.82) is 0 Å². The van der Waals surface area contributed by atoms with Crippen LogP contribution in [0.4, 0.5) is 0 Å². The second kappa shape index (κ2) is 5.84. The first-order valence-corrected chi connectivity index (χ1v) is 6.43. The van der Waals surface area contributed by atoms with Crippen LogP contribution in [0.5, 0.6) is 0 Å². The average molecular weight is 249 g/mol. The van der Waals surface area contributed by atoms with Gasteiger partial charge in [-0.2, -0.15) is 4.98 Å². The van der Waals surface area contributed by atoms with Crippen LogP contribution in [-0.4, -0.2) is 17.2 Å². The van der Waals surface area contributed by atoms with Crippen molar-refractivity contribution >= 4 is 11.8 Å². The van der Waals surface area contributed by atoms with Crippen LogP contribution < -0.4 is 5.32 Å². The van der Waals surface area contributed by atoms with Crippen molar-refractivity contribution in [2.75, 3.05) is 7.05 Å². The summed E-state index contributed by atoms with van der Waals surface area (Å²) in [5, 5.41) is 7.01. The van der Waals surface area contributed by atoms with Gasteiger partial charge in [-0.25, -0.2) is 0 Å². The summed E-state index contributed by atoms with van der Waals surface area (Å²) in [6.45, 7) is 2.14. The number of nitrogens with zero attached hydrogens (tertiary/aromatic N) is 2. The normalized spacial score (nSPS) is 12.6. The molecule has 0 fully saturated rings. The maximum Gasteiger partial charge on any atom is 0.213 e. The Hall–Kier alpha value is -1.33. The third-order valence-electron chi connectivity index (χ3n) is 2.57. The summed E-state index contributed by atoms with van der Waals surface area (Å²) in [7, 11) is 1.96. The molecule has 0 bridgehead atoms. The molecule has 0 saturated heterocycles. The predicted molar refractivity (Wildman–Crippen MR) is 67.8 cm³/mol. The number of aromatic nitrogens is 2. The van der Waals surface area contributed by atoms with Crippen molar-refractivity contribution in [3.8, 4) is 0 Å². The first kappa shape index (κ1) is 12.1. The molecule has 0 aliphatic rings. The molecular weight excluding hydrogens is 234 g/mol. The minimum absolute atomic E-state index is 0.362. The average Bonchev–Trinajstić information content (AvgIpc) is 2.89. The molecule has 0 saturated carbocycles. The summed E-state index contributed by atoms with van der Waals surface area (Å²) in [6.07, 6.45) is 1.36. The van der Waals surface area contributed by atoms with Crippen molar-refractivity contribution < 1.29 is 4.52 Å². The zero-order valence-electron chi connectivity index (χ0n) is 9.88. The van der Waals surface area contributed by atoms with Gasteiger partial charge in [-0.15, -0.1) is 11.8 Å². The summed E-state index contributed by atoms with van der Waals surface area (Å²) in [5.41, 5.74) is 1.28. The molecular formula is C12H15N3OS. The highest BCUT2D eigenvalue weighted by Gasteiger charge is 2.04. The number of thioether (sulfide) groups is 1. The van der Waals surface area contributed by atoms with E-state index in [1.807, 2.05) is 7.05 Å². The Morgan fingerprint density at radius 1 is 1.47 bits per heavy atom. The zero-order chi connectivity index (χ0) is 12.1. The maximum absolute atomic E-state index is 4.70. The maximum atomic E-state index is 4.70. The third kappa shape index (κ3) is 3.31. The Balaban J connectivity index is 2.01. The van der Waals surface area contributed by atoms with Crippen molar-refractivity contribution in [3.63, 3.8) is 0 Å². The van der Waals surface area contributed by atoms with Gasteiger partial charge in [0.2, 0.25) is 6.39 Å². The van der Waals surface area contributed by atoms with E-state index in [1.165, 1.54) is 16.9 Å². The molecule has 17 heavy (non-hydrogen) atoms. The molecule has 1 unspecified atom stereocenters. The minimum atomic E-state index is 0.362. The lowest BCUT2D eigenvalue weighted by Gasteiger charge is -2.11. The summed E-state index contributed by atoms with van der Waals surface area (Å²) < 4.78 is 4.70. The van der Waals surface area contributed by atoms with Gasteiger partial charge in [0.15, 0.2) is 5.82 Å². The van der Waals surface area contributed by atoms with Gasteiger partial charge >= 0.3 is 0 Å². The van der Waals surface area contributed by atoms with E-state index in [9.17, 15) is 0 Å². The zero-order valence-corrected chi connectivity index (χ0v) is 10.7. The van der Waals surface area contributed by atoms with Gasteiger partial charge in [0, 0.05) is 10.9 Å². The van der Waals surface area contributed by atoms with Gasteiger partial charge in [-0.1, -0.05) is 17.3 Å². The molecule has 90 valence electrons. The van der Waals surface area contributed by atoms with Crippen molar-refractivity contribution in [3.05, 3.63) is 42.0 Å². The summed E-state index contributed by atoms with van der Waals surface area (Å²) in [4.78, 5) is 5.21. The van der Waals surface area contributed by atoms with E-state index >= 15 is 0 Å². The van der Waals surface area contributed by atoms with Gasteiger partial charge in [-0.3, -0.25) is 0 Å². The molecule has 0 aliphatic carbocycles. The largest absolute Gasteiger partial charge is 0.343 e. The highest BCUT2D eigenvalue weighted by Crippen LogP contribution is 2.24. The summed E-state index contributed by atoms with van der Waals surface area (Å²) in [6, 6.07) is 8.84. The van der Waals surface area contributed by atoms with Crippen LogP contribution in [0.2, 0.25) is 0 Å². The third-order valence-corrected chi connectivity index (χ3v) is 3.56. The van der Waals surface area contributed by atoms with Gasteiger partial charge in [0.1, 0.15) is 0 Å². The molecule has 0 amide bonds. The van der Waals surface area contributed by atoms with E-state index in [1.54, 1.807) is 11.8 Å². The molecule has 4 nitrogen and oxygen atoms in total. The molecule has 1 aromatic carbocycles. The second-order valence-corrected chi connectivity index (χ2v) is 4.77. The summed E-state index contributed by atoms with van der Waals surface area (Å²) >= 11 is 1.71. The van der Waals surface area contributed by atoms with Crippen LogP contribution >= 0.6 is 11.8 Å². The molecule has 0 spiro atoms. The molecule has 2 aromatic rings. The van der Waals surface area contributed by atoms with Crippen molar-refractivity contribution in [1.82, 2.24) is 15.5 Å². The smallest absolute Gasteiger partial charge is 0.213 e. The molecule has 0 aliphatic heterocycles. The Labute approximate surface area is 105 Å². The molecule has 1 heterocycles. The van der Waals surface area contributed by atoms with Crippen molar-refractivity contribution in [2.45, 2.75) is 23.6 Å². The Morgan fingerprint density at radius 2 is 2.35 bits per heavy atom.